The van der Waals surface area contributed by atoms with Gasteiger partial charge in [0, 0.05) is 17.1 Å². The maximum absolute atomic E-state index is 13.5. The summed E-state index contributed by atoms with van der Waals surface area (Å²) in [6.07, 6.45) is 1.86. The molecule has 2 aromatic carbocycles. The molecular formula is C23H19ClFN3O. The highest BCUT2D eigenvalue weighted by molar-refractivity contribution is 6.32. The van der Waals surface area contributed by atoms with Crippen molar-refractivity contribution in [2.24, 2.45) is 5.10 Å². The van der Waals surface area contributed by atoms with Crippen molar-refractivity contribution in [3.63, 3.8) is 0 Å². The fraction of sp³-hybridized carbons (Fsp3) is 0.130. The molecule has 3 aromatic rings. The minimum Gasteiger partial charge on any atom is -0.318 e. The van der Waals surface area contributed by atoms with E-state index in [1.54, 1.807) is 12.1 Å². The fourth-order valence-electron chi connectivity index (χ4n) is 3.54. The Morgan fingerprint density at radius 3 is 2.41 bits per heavy atom. The van der Waals surface area contributed by atoms with Crippen molar-refractivity contribution < 1.29 is 9.18 Å². The van der Waals surface area contributed by atoms with Crippen LogP contribution < -0.4 is 5.01 Å². The van der Waals surface area contributed by atoms with Gasteiger partial charge >= 0.3 is 0 Å². The van der Waals surface area contributed by atoms with E-state index in [0.29, 0.717) is 11.3 Å². The molecule has 0 N–H and O–H groups in total. The topological polar surface area (TPSA) is 37.6 Å². The van der Waals surface area contributed by atoms with Crippen LogP contribution in [0.25, 0.3) is 11.8 Å². The quantitative estimate of drug-likeness (QED) is 0.513. The molecule has 0 unspecified atom stereocenters. The predicted octanol–water partition coefficient (Wildman–Crippen LogP) is 5.69. The normalized spacial score (nSPS) is 15.3. The van der Waals surface area contributed by atoms with Crippen molar-refractivity contribution in [3.05, 3.63) is 88.0 Å². The Morgan fingerprint density at radius 1 is 1.00 bits per heavy atom. The lowest BCUT2D eigenvalue weighted by molar-refractivity contribution is -0.114. The van der Waals surface area contributed by atoms with E-state index in [1.165, 1.54) is 11.1 Å². The molecule has 2 heterocycles. The van der Waals surface area contributed by atoms with Crippen LogP contribution in [-0.2, 0) is 4.79 Å². The Kier molecular flexibility index (Phi) is 4.84. The number of hydrogen-bond donors (Lipinski definition) is 0. The van der Waals surface area contributed by atoms with Gasteiger partial charge in [0.25, 0.3) is 5.91 Å². The van der Waals surface area contributed by atoms with Crippen LogP contribution in [-0.4, -0.2) is 16.2 Å². The summed E-state index contributed by atoms with van der Waals surface area (Å²) < 4.78 is 15.5. The number of carbonyl (C=O) groups is 1. The number of hydrazone groups is 1. The predicted molar refractivity (Wildman–Crippen MR) is 115 cm³/mol. The Morgan fingerprint density at radius 2 is 1.72 bits per heavy atom. The van der Waals surface area contributed by atoms with Crippen LogP contribution in [0.3, 0.4) is 0 Å². The summed E-state index contributed by atoms with van der Waals surface area (Å²) in [5.41, 5.74) is 5.49. The lowest BCUT2D eigenvalue weighted by Crippen LogP contribution is -2.21. The van der Waals surface area contributed by atoms with Gasteiger partial charge in [0.05, 0.1) is 22.0 Å². The van der Waals surface area contributed by atoms with Crippen LogP contribution in [0.1, 0.15) is 23.9 Å². The van der Waals surface area contributed by atoms with E-state index in [1.807, 2.05) is 67.8 Å². The molecule has 0 saturated carbocycles. The van der Waals surface area contributed by atoms with Gasteiger partial charge < -0.3 is 4.57 Å². The van der Waals surface area contributed by atoms with Crippen LogP contribution in [0.4, 0.5) is 10.1 Å². The van der Waals surface area contributed by atoms with E-state index < -0.39 is 5.82 Å². The lowest BCUT2D eigenvalue weighted by Gasteiger charge is -2.11. The second-order valence-corrected chi connectivity index (χ2v) is 7.36. The minimum absolute atomic E-state index is 0.0716. The molecule has 0 bridgehead atoms. The monoisotopic (exact) mass is 407 g/mol. The number of carbonyl (C=O) groups excluding carboxylic acids is 1. The van der Waals surface area contributed by atoms with Gasteiger partial charge in [-0.3, -0.25) is 4.79 Å². The van der Waals surface area contributed by atoms with E-state index >= 15 is 0 Å². The van der Waals surface area contributed by atoms with E-state index in [0.717, 1.165) is 28.3 Å². The van der Waals surface area contributed by atoms with Crippen molar-refractivity contribution in [1.82, 2.24) is 4.57 Å². The van der Waals surface area contributed by atoms with Crippen LogP contribution in [0.15, 0.2) is 65.3 Å². The number of benzene rings is 2. The summed E-state index contributed by atoms with van der Waals surface area (Å²) in [5, 5.41) is 5.91. The number of anilines is 1. The molecule has 29 heavy (non-hydrogen) atoms. The minimum atomic E-state index is -0.454. The number of para-hydroxylation sites is 1. The van der Waals surface area contributed by atoms with E-state index in [4.69, 9.17) is 11.6 Å². The molecular weight excluding hydrogens is 389 g/mol. The molecule has 0 aliphatic carbocycles. The van der Waals surface area contributed by atoms with Crippen LogP contribution in [0.2, 0.25) is 5.02 Å². The first-order valence-corrected chi connectivity index (χ1v) is 9.56. The summed E-state index contributed by atoms with van der Waals surface area (Å²) in [5.74, 6) is -0.618. The highest BCUT2D eigenvalue weighted by atomic mass is 35.5. The molecule has 0 atom stereocenters. The number of aryl methyl sites for hydroxylation is 1. The van der Waals surface area contributed by atoms with Crippen molar-refractivity contribution in [2.45, 2.75) is 20.8 Å². The maximum atomic E-state index is 13.5. The van der Waals surface area contributed by atoms with Gasteiger partial charge in [-0.1, -0.05) is 29.8 Å². The number of hydrogen-bond acceptors (Lipinski definition) is 2. The fourth-order valence-corrected chi connectivity index (χ4v) is 3.71. The first-order chi connectivity index (χ1) is 13.9. The third-order valence-corrected chi connectivity index (χ3v) is 5.28. The largest absolute Gasteiger partial charge is 0.318 e. The zero-order valence-corrected chi connectivity index (χ0v) is 17.0. The number of aromatic nitrogens is 1. The molecule has 6 heteroatoms. The molecule has 0 saturated heterocycles. The SMILES string of the molecule is CC1=NN(c2ccccc2)C(=O)/C1=C\c1cc(C)n(-c2ccc(F)c(Cl)c2)c1C. The van der Waals surface area contributed by atoms with Crippen LogP contribution in [0, 0.1) is 19.7 Å². The lowest BCUT2D eigenvalue weighted by atomic mass is 10.1. The standard InChI is InChI=1S/C23H19ClFN3O/c1-14-11-17(16(3)27(14)19-9-10-22(25)21(24)13-19)12-20-15(2)26-28(23(20)29)18-7-5-4-6-8-18/h4-13H,1-3H3/b20-12-. The number of halogens is 2. The second-order valence-electron chi connectivity index (χ2n) is 6.96. The molecule has 146 valence electrons. The smallest absolute Gasteiger partial charge is 0.280 e. The highest BCUT2D eigenvalue weighted by Gasteiger charge is 2.29. The molecule has 4 nitrogen and oxygen atoms in total. The molecule has 4 rings (SSSR count). The molecule has 1 aliphatic heterocycles. The van der Waals surface area contributed by atoms with Crippen molar-refractivity contribution >= 4 is 35.0 Å². The zero-order valence-electron chi connectivity index (χ0n) is 16.3. The highest BCUT2D eigenvalue weighted by Crippen LogP contribution is 2.28. The molecule has 0 radical (unpaired) electrons. The van der Waals surface area contributed by atoms with Crippen molar-refractivity contribution in [3.8, 4) is 5.69 Å². The summed E-state index contributed by atoms with van der Waals surface area (Å²) in [7, 11) is 0. The molecule has 1 aromatic heterocycles. The Bertz CT molecular complexity index is 1180. The Hall–Kier alpha value is -3.18. The van der Waals surface area contributed by atoms with Gasteiger partial charge in [0.2, 0.25) is 0 Å². The third-order valence-electron chi connectivity index (χ3n) is 4.99. The number of amides is 1. The van der Waals surface area contributed by atoms with Gasteiger partial charge in [-0.05, 0) is 68.8 Å². The number of nitrogens with zero attached hydrogens (tertiary/aromatic N) is 3. The molecule has 0 spiro atoms. The van der Waals surface area contributed by atoms with Gasteiger partial charge in [0.15, 0.2) is 0 Å². The van der Waals surface area contributed by atoms with Crippen molar-refractivity contribution in [2.75, 3.05) is 5.01 Å². The second kappa shape index (κ2) is 7.33. The van der Waals surface area contributed by atoms with E-state index in [9.17, 15) is 9.18 Å². The van der Waals surface area contributed by atoms with Crippen LogP contribution >= 0.6 is 11.6 Å². The summed E-state index contributed by atoms with van der Waals surface area (Å²) >= 11 is 5.96. The molecule has 0 fully saturated rings. The zero-order chi connectivity index (χ0) is 20.7. The molecule has 1 aliphatic rings. The average molecular weight is 408 g/mol. The van der Waals surface area contributed by atoms with Gasteiger partial charge in [0.1, 0.15) is 5.82 Å². The Balaban J connectivity index is 1.73. The van der Waals surface area contributed by atoms with Gasteiger partial charge in [-0.15, -0.1) is 0 Å². The van der Waals surface area contributed by atoms with Crippen molar-refractivity contribution in [1.29, 1.82) is 0 Å². The molecule has 1 amide bonds. The van der Waals surface area contributed by atoms with Gasteiger partial charge in [-0.25, -0.2) is 4.39 Å². The average Bonchev–Trinajstić information content (AvgIpc) is 3.15. The van der Waals surface area contributed by atoms with Gasteiger partial charge in [-0.2, -0.15) is 10.1 Å². The third kappa shape index (κ3) is 3.38. The first kappa shape index (κ1) is 19.2. The summed E-state index contributed by atoms with van der Waals surface area (Å²) in [6, 6.07) is 16.0. The first-order valence-electron chi connectivity index (χ1n) is 9.18. The summed E-state index contributed by atoms with van der Waals surface area (Å²) in [4.78, 5) is 13.0. The van der Waals surface area contributed by atoms with Crippen LogP contribution in [0.5, 0.6) is 0 Å². The number of rotatable bonds is 3. The Labute approximate surface area is 173 Å². The summed E-state index contributed by atoms with van der Waals surface area (Å²) in [6.45, 7) is 5.74. The van der Waals surface area contributed by atoms with E-state index in [2.05, 4.69) is 5.10 Å². The maximum Gasteiger partial charge on any atom is 0.280 e. The van der Waals surface area contributed by atoms with E-state index in [-0.39, 0.29) is 10.9 Å².